The fourth-order valence-corrected chi connectivity index (χ4v) is 1.99. The quantitative estimate of drug-likeness (QED) is 0.545. The van der Waals surface area contributed by atoms with E-state index in [0.717, 1.165) is 12.3 Å². The molecule has 0 radical (unpaired) electrons. The molecular formula is C9H15N. The lowest BCUT2D eigenvalue weighted by Crippen LogP contribution is -2.09. The van der Waals surface area contributed by atoms with Crippen molar-refractivity contribution in [1.29, 1.82) is 5.26 Å². The van der Waals surface area contributed by atoms with Crippen LogP contribution >= 0.6 is 0 Å². The maximum Gasteiger partial charge on any atom is 0.0627 e. The van der Waals surface area contributed by atoms with E-state index in [4.69, 9.17) is 5.26 Å². The Hall–Kier alpha value is -0.510. The third-order valence-corrected chi connectivity index (χ3v) is 2.59. The van der Waals surface area contributed by atoms with Crippen LogP contribution in [0.2, 0.25) is 0 Å². The van der Waals surface area contributed by atoms with Crippen molar-refractivity contribution in [2.75, 3.05) is 0 Å². The standard InChI is InChI=1S/C9H15N/c1-8-3-4-9(2,7-8)5-6-10/h8H,3-5,7H2,1-2H3. The molecule has 2 unspecified atom stereocenters. The molecule has 1 aliphatic rings. The second-order valence-corrected chi connectivity index (χ2v) is 3.99. The summed E-state index contributed by atoms with van der Waals surface area (Å²) in [6.45, 7) is 4.52. The van der Waals surface area contributed by atoms with Crippen LogP contribution in [-0.4, -0.2) is 0 Å². The number of nitrogens with zero attached hydrogens (tertiary/aromatic N) is 1. The molecule has 1 nitrogen and oxygen atoms in total. The van der Waals surface area contributed by atoms with Gasteiger partial charge < -0.3 is 0 Å². The maximum absolute atomic E-state index is 8.53. The minimum absolute atomic E-state index is 0.355. The van der Waals surface area contributed by atoms with Crippen LogP contribution in [0.4, 0.5) is 0 Å². The summed E-state index contributed by atoms with van der Waals surface area (Å²) in [6.07, 6.45) is 4.57. The van der Waals surface area contributed by atoms with E-state index in [-0.39, 0.29) is 0 Å². The molecule has 1 heteroatoms. The Kier molecular flexibility index (Phi) is 1.99. The summed E-state index contributed by atoms with van der Waals surface area (Å²) >= 11 is 0. The molecule has 10 heavy (non-hydrogen) atoms. The SMILES string of the molecule is CC1CCC(C)(CC#N)C1. The average molecular weight is 137 g/mol. The fraction of sp³-hybridized carbons (Fsp3) is 0.889. The number of hydrogen-bond acceptors (Lipinski definition) is 1. The first-order chi connectivity index (χ1) is 4.66. The first-order valence-electron chi connectivity index (χ1n) is 4.03. The third-order valence-electron chi connectivity index (χ3n) is 2.59. The van der Waals surface area contributed by atoms with Crippen molar-refractivity contribution in [3.63, 3.8) is 0 Å². The molecular weight excluding hydrogens is 122 g/mol. The molecule has 0 aromatic carbocycles. The molecule has 0 saturated heterocycles. The molecule has 1 fully saturated rings. The Balaban J connectivity index is 2.48. The Labute approximate surface area is 63.0 Å². The van der Waals surface area contributed by atoms with E-state index in [9.17, 15) is 0 Å². The van der Waals surface area contributed by atoms with Crippen molar-refractivity contribution >= 4 is 0 Å². The van der Waals surface area contributed by atoms with Crippen LogP contribution in [0.15, 0.2) is 0 Å². The lowest BCUT2D eigenvalue weighted by atomic mass is 9.85. The summed E-state index contributed by atoms with van der Waals surface area (Å²) in [4.78, 5) is 0. The summed E-state index contributed by atoms with van der Waals surface area (Å²) in [5.74, 6) is 0.846. The maximum atomic E-state index is 8.53. The van der Waals surface area contributed by atoms with Gasteiger partial charge in [-0.1, -0.05) is 20.3 Å². The van der Waals surface area contributed by atoms with E-state index >= 15 is 0 Å². The highest BCUT2D eigenvalue weighted by atomic mass is 14.4. The summed E-state index contributed by atoms with van der Waals surface area (Å²) in [7, 11) is 0. The highest BCUT2D eigenvalue weighted by Gasteiger charge is 2.32. The predicted molar refractivity (Wildman–Crippen MR) is 41.4 cm³/mol. The van der Waals surface area contributed by atoms with Crippen LogP contribution in [0.3, 0.4) is 0 Å². The molecule has 1 rings (SSSR count). The van der Waals surface area contributed by atoms with Crippen molar-refractivity contribution in [3.8, 4) is 6.07 Å². The topological polar surface area (TPSA) is 23.8 Å². The van der Waals surface area contributed by atoms with Crippen LogP contribution < -0.4 is 0 Å². The summed E-state index contributed by atoms with van der Waals surface area (Å²) in [5, 5.41) is 8.53. The van der Waals surface area contributed by atoms with Crippen LogP contribution in [0, 0.1) is 22.7 Å². The van der Waals surface area contributed by atoms with Crippen molar-refractivity contribution in [2.45, 2.75) is 39.5 Å². The van der Waals surface area contributed by atoms with Crippen molar-refractivity contribution in [1.82, 2.24) is 0 Å². The molecule has 0 N–H and O–H groups in total. The lowest BCUT2D eigenvalue weighted by Gasteiger charge is -2.18. The van der Waals surface area contributed by atoms with Gasteiger partial charge in [-0.25, -0.2) is 0 Å². The highest BCUT2D eigenvalue weighted by molar-refractivity contribution is 4.90. The lowest BCUT2D eigenvalue weighted by molar-refractivity contribution is 0.333. The van der Waals surface area contributed by atoms with Gasteiger partial charge >= 0.3 is 0 Å². The zero-order valence-electron chi connectivity index (χ0n) is 6.85. The Morgan fingerprint density at radius 3 is 2.80 bits per heavy atom. The summed E-state index contributed by atoms with van der Waals surface area (Å²) in [5.41, 5.74) is 0.355. The normalized spacial score (nSPS) is 39.5. The number of rotatable bonds is 1. The smallest absolute Gasteiger partial charge is 0.0627 e. The van der Waals surface area contributed by atoms with Gasteiger partial charge in [0, 0.05) is 6.42 Å². The van der Waals surface area contributed by atoms with Crippen molar-refractivity contribution in [3.05, 3.63) is 0 Å². The van der Waals surface area contributed by atoms with Gasteiger partial charge in [-0.2, -0.15) is 5.26 Å². The summed E-state index contributed by atoms with van der Waals surface area (Å²) < 4.78 is 0. The fourth-order valence-electron chi connectivity index (χ4n) is 1.99. The number of nitriles is 1. The van der Waals surface area contributed by atoms with Gasteiger partial charge in [-0.15, -0.1) is 0 Å². The van der Waals surface area contributed by atoms with E-state index in [2.05, 4.69) is 19.9 Å². The molecule has 0 amide bonds. The van der Waals surface area contributed by atoms with Gasteiger partial charge in [0.25, 0.3) is 0 Å². The second-order valence-electron chi connectivity index (χ2n) is 3.99. The van der Waals surface area contributed by atoms with Gasteiger partial charge in [0.1, 0.15) is 0 Å². The predicted octanol–water partition coefficient (Wildman–Crippen LogP) is 2.73. The van der Waals surface area contributed by atoms with Gasteiger partial charge in [-0.05, 0) is 24.2 Å². The first-order valence-corrected chi connectivity index (χ1v) is 4.03. The Morgan fingerprint density at radius 2 is 2.40 bits per heavy atom. The van der Waals surface area contributed by atoms with Crippen LogP contribution in [0.5, 0.6) is 0 Å². The van der Waals surface area contributed by atoms with Gasteiger partial charge in [0.15, 0.2) is 0 Å². The monoisotopic (exact) mass is 137 g/mol. The zero-order chi connectivity index (χ0) is 7.61. The van der Waals surface area contributed by atoms with E-state index < -0.39 is 0 Å². The minimum Gasteiger partial charge on any atom is -0.198 e. The molecule has 0 spiro atoms. The van der Waals surface area contributed by atoms with E-state index in [1.807, 2.05) is 0 Å². The van der Waals surface area contributed by atoms with Crippen LogP contribution in [0.25, 0.3) is 0 Å². The van der Waals surface area contributed by atoms with Crippen LogP contribution in [0.1, 0.15) is 39.5 Å². The minimum atomic E-state index is 0.355. The van der Waals surface area contributed by atoms with Crippen molar-refractivity contribution in [2.24, 2.45) is 11.3 Å². The molecule has 1 saturated carbocycles. The molecule has 0 aliphatic heterocycles. The Bertz CT molecular complexity index is 157. The van der Waals surface area contributed by atoms with E-state index in [0.29, 0.717) is 5.41 Å². The van der Waals surface area contributed by atoms with E-state index in [1.54, 1.807) is 0 Å². The molecule has 1 aliphatic carbocycles. The van der Waals surface area contributed by atoms with Gasteiger partial charge in [0.05, 0.1) is 6.07 Å². The molecule has 0 aromatic rings. The average Bonchev–Trinajstić information content (AvgIpc) is 2.12. The largest absolute Gasteiger partial charge is 0.198 e. The second kappa shape index (κ2) is 2.62. The van der Waals surface area contributed by atoms with Gasteiger partial charge in [-0.3, -0.25) is 0 Å². The third kappa shape index (κ3) is 1.50. The van der Waals surface area contributed by atoms with Crippen molar-refractivity contribution < 1.29 is 0 Å². The molecule has 56 valence electrons. The van der Waals surface area contributed by atoms with Crippen LogP contribution in [-0.2, 0) is 0 Å². The first kappa shape index (κ1) is 7.60. The molecule has 2 atom stereocenters. The highest BCUT2D eigenvalue weighted by Crippen LogP contribution is 2.43. The molecule has 0 heterocycles. The molecule has 0 bridgehead atoms. The summed E-state index contributed by atoms with van der Waals surface area (Å²) in [6, 6.07) is 2.27. The Morgan fingerprint density at radius 1 is 1.70 bits per heavy atom. The number of hydrogen-bond donors (Lipinski definition) is 0. The molecule has 0 aromatic heterocycles. The van der Waals surface area contributed by atoms with E-state index in [1.165, 1.54) is 19.3 Å². The zero-order valence-corrected chi connectivity index (χ0v) is 6.85. The van der Waals surface area contributed by atoms with Gasteiger partial charge in [0.2, 0.25) is 0 Å².